The molecule has 0 bridgehead atoms. The van der Waals surface area contributed by atoms with Gasteiger partial charge in [0.25, 0.3) is 0 Å². The van der Waals surface area contributed by atoms with E-state index in [4.69, 9.17) is 18.0 Å². The standard InChI is InChI=1S/C15H26N4OS/c1-3-7-15(8-4-2,13(16)21)14(20)17-9-5-11-19-12-6-10-18-19/h6,10,12H,3-5,7-9,11H2,1-2H3,(H2,16,21)(H,17,20). The van der Waals surface area contributed by atoms with Crippen LogP contribution in [0, 0.1) is 5.41 Å². The number of thiocarbonyl (C=S) groups is 1. The Morgan fingerprint density at radius 3 is 2.52 bits per heavy atom. The Morgan fingerprint density at radius 1 is 1.38 bits per heavy atom. The van der Waals surface area contributed by atoms with Gasteiger partial charge in [-0.15, -0.1) is 0 Å². The van der Waals surface area contributed by atoms with Crippen LogP contribution in [0.2, 0.25) is 0 Å². The summed E-state index contributed by atoms with van der Waals surface area (Å²) in [4.78, 5) is 12.9. The summed E-state index contributed by atoms with van der Waals surface area (Å²) >= 11 is 5.18. The van der Waals surface area contributed by atoms with Gasteiger partial charge in [0, 0.05) is 25.5 Å². The van der Waals surface area contributed by atoms with Crippen molar-refractivity contribution in [3.63, 3.8) is 0 Å². The molecule has 1 amide bonds. The average Bonchev–Trinajstić information content (AvgIpc) is 2.95. The minimum absolute atomic E-state index is 0.0286. The quantitative estimate of drug-likeness (QED) is 0.513. The van der Waals surface area contributed by atoms with Crippen LogP contribution < -0.4 is 11.1 Å². The Bertz CT molecular complexity index is 439. The van der Waals surface area contributed by atoms with Crippen molar-refractivity contribution >= 4 is 23.1 Å². The predicted octanol–water partition coefficient (Wildman–Crippen LogP) is 2.26. The third-order valence-corrected chi connectivity index (χ3v) is 4.06. The van der Waals surface area contributed by atoms with Crippen LogP contribution in [0.5, 0.6) is 0 Å². The Kier molecular flexibility index (Phi) is 7.36. The zero-order valence-electron chi connectivity index (χ0n) is 13.0. The van der Waals surface area contributed by atoms with E-state index in [-0.39, 0.29) is 5.91 Å². The number of aromatic nitrogens is 2. The van der Waals surface area contributed by atoms with Gasteiger partial charge in [-0.1, -0.05) is 38.9 Å². The van der Waals surface area contributed by atoms with Gasteiger partial charge in [0.15, 0.2) is 0 Å². The molecule has 3 N–H and O–H groups in total. The summed E-state index contributed by atoms with van der Waals surface area (Å²) in [5.74, 6) is -0.0286. The highest BCUT2D eigenvalue weighted by Crippen LogP contribution is 2.30. The highest BCUT2D eigenvalue weighted by molar-refractivity contribution is 7.80. The normalized spacial score (nSPS) is 11.3. The van der Waals surface area contributed by atoms with E-state index >= 15 is 0 Å². The van der Waals surface area contributed by atoms with Crippen LogP contribution in [0.3, 0.4) is 0 Å². The number of nitrogens with one attached hydrogen (secondary N) is 1. The molecule has 0 saturated heterocycles. The topological polar surface area (TPSA) is 72.9 Å². The van der Waals surface area contributed by atoms with E-state index < -0.39 is 5.41 Å². The zero-order chi connectivity index (χ0) is 15.7. The smallest absolute Gasteiger partial charge is 0.233 e. The lowest BCUT2D eigenvalue weighted by Gasteiger charge is -2.31. The van der Waals surface area contributed by atoms with Crippen LogP contribution in [-0.2, 0) is 11.3 Å². The fraction of sp³-hybridized carbons (Fsp3) is 0.667. The van der Waals surface area contributed by atoms with E-state index in [1.807, 2.05) is 30.8 Å². The largest absolute Gasteiger partial charge is 0.392 e. The molecule has 1 rings (SSSR count). The van der Waals surface area contributed by atoms with Crippen LogP contribution in [0.1, 0.15) is 46.0 Å². The predicted molar refractivity (Wildman–Crippen MR) is 88.9 cm³/mol. The molecule has 0 aliphatic rings. The molecule has 0 aliphatic carbocycles. The van der Waals surface area contributed by atoms with Crippen molar-refractivity contribution in [2.45, 2.75) is 52.5 Å². The van der Waals surface area contributed by atoms with Crippen LogP contribution in [0.15, 0.2) is 18.5 Å². The molecule has 0 atom stereocenters. The molecule has 118 valence electrons. The zero-order valence-corrected chi connectivity index (χ0v) is 13.8. The lowest BCUT2D eigenvalue weighted by molar-refractivity contribution is -0.128. The molecule has 1 aromatic heterocycles. The van der Waals surface area contributed by atoms with Gasteiger partial charge in [0.1, 0.15) is 0 Å². The number of aryl methyl sites for hydroxylation is 1. The van der Waals surface area contributed by atoms with Gasteiger partial charge in [-0.05, 0) is 25.3 Å². The summed E-state index contributed by atoms with van der Waals surface area (Å²) in [5.41, 5.74) is 5.19. The van der Waals surface area contributed by atoms with Gasteiger partial charge >= 0.3 is 0 Å². The maximum Gasteiger partial charge on any atom is 0.233 e. The number of nitrogens with two attached hydrogens (primary N) is 1. The van der Waals surface area contributed by atoms with Crippen molar-refractivity contribution in [2.75, 3.05) is 6.54 Å². The lowest BCUT2D eigenvalue weighted by Crippen LogP contribution is -2.49. The number of hydrogen-bond donors (Lipinski definition) is 2. The number of amides is 1. The van der Waals surface area contributed by atoms with E-state index in [9.17, 15) is 4.79 Å². The first-order valence-electron chi connectivity index (χ1n) is 7.62. The first-order valence-corrected chi connectivity index (χ1v) is 8.03. The summed E-state index contributed by atoms with van der Waals surface area (Å²) in [6.07, 6.45) is 7.69. The van der Waals surface area contributed by atoms with Crippen molar-refractivity contribution in [1.82, 2.24) is 15.1 Å². The molecule has 0 saturated carbocycles. The first-order chi connectivity index (χ1) is 10.1. The van der Waals surface area contributed by atoms with Crippen molar-refractivity contribution in [2.24, 2.45) is 11.1 Å². The summed E-state index contributed by atoms with van der Waals surface area (Å²) < 4.78 is 1.85. The summed E-state index contributed by atoms with van der Waals surface area (Å²) in [6, 6.07) is 1.89. The Labute approximate surface area is 132 Å². The number of hydrogen-bond acceptors (Lipinski definition) is 3. The minimum Gasteiger partial charge on any atom is -0.392 e. The molecule has 0 unspecified atom stereocenters. The van der Waals surface area contributed by atoms with Crippen molar-refractivity contribution in [3.05, 3.63) is 18.5 Å². The fourth-order valence-electron chi connectivity index (χ4n) is 2.61. The van der Waals surface area contributed by atoms with Gasteiger partial charge in [-0.2, -0.15) is 5.10 Å². The van der Waals surface area contributed by atoms with E-state index in [2.05, 4.69) is 10.4 Å². The van der Waals surface area contributed by atoms with Gasteiger partial charge in [-0.25, -0.2) is 0 Å². The van der Waals surface area contributed by atoms with E-state index in [1.54, 1.807) is 6.20 Å². The summed E-state index contributed by atoms with van der Waals surface area (Å²) in [7, 11) is 0. The van der Waals surface area contributed by atoms with Gasteiger partial charge in [0.2, 0.25) is 5.91 Å². The minimum atomic E-state index is -0.690. The lowest BCUT2D eigenvalue weighted by atomic mass is 9.78. The number of carbonyl (C=O) groups excluding carboxylic acids is 1. The maximum absolute atomic E-state index is 12.5. The Balaban J connectivity index is 2.53. The van der Waals surface area contributed by atoms with Crippen molar-refractivity contribution < 1.29 is 4.79 Å². The molecular weight excluding hydrogens is 284 g/mol. The van der Waals surface area contributed by atoms with Crippen molar-refractivity contribution in [1.29, 1.82) is 0 Å². The van der Waals surface area contributed by atoms with Crippen molar-refractivity contribution in [3.8, 4) is 0 Å². The number of carbonyl (C=O) groups is 1. The third-order valence-electron chi connectivity index (χ3n) is 3.67. The Morgan fingerprint density at radius 2 is 2.05 bits per heavy atom. The summed E-state index contributed by atoms with van der Waals surface area (Å²) in [6.45, 7) is 5.49. The highest BCUT2D eigenvalue weighted by atomic mass is 32.1. The van der Waals surface area contributed by atoms with E-state index in [1.165, 1.54) is 0 Å². The van der Waals surface area contributed by atoms with Crippen LogP contribution in [-0.4, -0.2) is 27.2 Å². The molecule has 1 aromatic rings. The number of rotatable bonds is 10. The van der Waals surface area contributed by atoms with Gasteiger partial charge in [0.05, 0.1) is 10.4 Å². The first kappa shape index (κ1) is 17.6. The molecule has 1 heterocycles. The summed E-state index contributed by atoms with van der Waals surface area (Å²) in [5, 5.41) is 7.12. The third kappa shape index (κ3) is 4.81. The monoisotopic (exact) mass is 310 g/mol. The molecular formula is C15H26N4OS. The molecule has 0 spiro atoms. The highest BCUT2D eigenvalue weighted by Gasteiger charge is 2.39. The second-order valence-corrected chi connectivity index (χ2v) is 5.76. The molecule has 0 aromatic carbocycles. The molecule has 0 fully saturated rings. The van der Waals surface area contributed by atoms with E-state index in [0.29, 0.717) is 24.4 Å². The number of nitrogens with zero attached hydrogens (tertiary/aromatic N) is 2. The van der Waals surface area contributed by atoms with Crippen LogP contribution >= 0.6 is 12.2 Å². The average molecular weight is 310 g/mol. The second kappa shape index (κ2) is 8.77. The van der Waals surface area contributed by atoms with Gasteiger partial charge < -0.3 is 11.1 Å². The van der Waals surface area contributed by atoms with Crippen LogP contribution in [0.4, 0.5) is 0 Å². The Hall–Kier alpha value is -1.43. The molecule has 0 radical (unpaired) electrons. The molecule has 5 nitrogen and oxygen atoms in total. The SMILES string of the molecule is CCCC(CCC)(C(=O)NCCCn1cccn1)C(N)=S. The second-order valence-electron chi connectivity index (χ2n) is 5.32. The fourth-order valence-corrected chi connectivity index (χ4v) is 2.91. The van der Waals surface area contributed by atoms with E-state index in [0.717, 1.165) is 25.8 Å². The molecule has 21 heavy (non-hydrogen) atoms. The van der Waals surface area contributed by atoms with Crippen LogP contribution in [0.25, 0.3) is 0 Å². The molecule has 0 aliphatic heterocycles. The van der Waals surface area contributed by atoms with Gasteiger partial charge in [-0.3, -0.25) is 9.48 Å². The maximum atomic E-state index is 12.5. The molecule has 6 heteroatoms.